The monoisotopic (exact) mass is 461 g/mol. The summed E-state index contributed by atoms with van der Waals surface area (Å²) in [7, 11) is 2.10. The molecule has 2 aliphatic rings. The lowest BCUT2D eigenvalue weighted by atomic mass is 9.62. The van der Waals surface area contributed by atoms with Crippen molar-refractivity contribution in [2.45, 2.75) is 51.6 Å². The van der Waals surface area contributed by atoms with Crippen LogP contribution in [0.25, 0.3) is 0 Å². The summed E-state index contributed by atoms with van der Waals surface area (Å²) in [6.07, 6.45) is 4.68. The molecule has 2 aromatic heterocycles. The van der Waals surface area contributed by atoms with E-state index in [-0.39, 0.29) is 11.3 Å². The van der Waals surface area contributed by atoms with Crippen molar-refractivity contribution >= 4 is 5.69 Å². The maximum atomic E-state index is 12.5. The Kier molecular flexibility index (Phi) is 5.73. The van der Waals surface area contributed by atoms with Gasteiger partial charge in [0.25, 0.3) is 0 Å². The van der Waals surface area contributed by atoms with Gasteiger partial charge in [0.05, 0.1) is 17.8 Å². The number of likely N-dealkylation sites (tertiary alicyclic amines) is 1. The molecule has 0 spiro atoms. The summed E-state index contributed by atoms with van der Waals surface area (Å²) in [5.41, 5.74) is 2.61. The number of hydrogen-bond donors (Lipinski definition) is 1. The minimum atomic E-state index is -1.14. The zero-order chi connectivity index (χ0) is 24.1. The third-order valence-corrected chi connectivity index (χ3v) is 7.69. The summed E-state index contributed by atoms with van der Waals surface area (Å²) >= 11 is 0. The Labute approximate surface area is 201 Å². The van der Waals surface area contributed by atoms with Crippen molar-refractivity contribution in [2.24, 2.45) is 5.41 Å². The Hall–Kier alpha value is -2.77. The van der Waals surface area contributed by atoms with Gasteiger partial charge in [-0.3, -0.25) is 4.98 Å². The molecule has 2 fully saturated rings. The highest BCUT2D eigenvalue weighted by molar-refractivity contribution is 5.52. The molecule has 34 heavy (non-hydrogen) atoms. The number of rotatable bonds is 6. The molecular formula is C27H35N5O2. The Morgan fingerprint density at radius 3 is 2.50 bits per heavy atom. The molecule has 2 unspecified atom stereocenters. The molecular weight excluding hydrogens is 426 g/mol. The van der Waals surface area contributed by atoms with E-state index in [9.17, 15) is 5.11 Å². The molecule has 0 aliphatic carbocycles. The number of aryl methyl sites for hydroxylation is 1. The average molecular weight is 462 g/mol. The first-order valence-corrected chi connectivity index (χ1v) is 12.2. The van der Waals surface area contributed by atoms with Gasteiger partial charge in [-0.15, -0.1) is 0 Å². The van der Waals surface area contributed by atoms with Gasteiger partial charge < -0.3 is 19.4 Å². The number of anilines is 1. The van der Waals surface area contributed by atoms with E-state index in [1.165, 1.54) is 5.56 Å². The lowest BCUT2D eigenvalue weighted by Gasteiger charge is -2.56. The highest BCUT2D eigenvalue weighted by atomic mass is 16.5. The fourth-order valence-electron chi connectivity index (χ4n) is 5.82. The predicted molar refractivity (Wildman–Crippen MR) is 132 cm³/mol. The van der Waals surface area contributed by atoms with Crippen LogP contribution in [0, 0.1) is 12.3 Å². The van der Waals surface area contributed by atoms with Gasteiger partial charge in [-0.25, -0.2) is 0 Å². The average Bonchev–Trinajstić information content (AvgIpc) is 3.47. The molecule has 2 aliphatic heterocycles. The lowest BCUT2D eigenvalue weighted by Crippen LogP contribution is -2.63. The second kappa shape index (κ2) is 8.47. The predicted octanol–water partition coefficient (Wildman–Crippen LogP) is 4.08. The van der Waals surface area contributed by atoms with Gasteiger partial charge in [0.1, 0.15) is 5.60 Å². The number of hydrogen-bond acceptors (Lipinski definition) is 7. The van der Waals surface area contributed by atoms with Gasteiger partial charge in [-0.05, 0) is 43.5 Å². The van der Waals surface area contributed by atoms with Crippen molar-refractivity contribution in [3.8, 4) is 0 Å². The van der Waals surface area contributed by atoms with Crippen LogP contribution in [0.4, 0.5) is 5.69 Å². The standard InChI is InChI=1S/C27H35N5O2/c1-18(2)20-6-8-22(9-7-20)27(33,26(4)16-31(5)17-26)23-12-24(14-28-13-23)32-11-10-21(15-32)25-29-19(3)30-34-25/h6-9,12-14,18,21,33H,10-11,15-17H2,1-5H3. The third kappa shape index (κ3) is 3.81. The molecule has 180 valence electrons. The third-order valence-electron chi connectivity index (χ3n) is 7.69. The van der Waals surface area contributed by atoms with E-state index in [1.54, 1.807) is 0 Å². The maximum absolute atomic E-state index is 12.5. The second-order valence-corrected chi connectivity index (χ2v) is 10.8. The Morgan fingerprint density at radius 1 is 1.15 bits per heavy atom. The zero-order valence-corrected chi connectivity index (χ0v) is 20.8. The Morgan fingerprint density at radius 2 is 1.88 bits per heavy atom. The largest absolute Gasteiger partial charge is 0.380 e. The highest BCUT2D eigenvalue weighted by Gasteiger charge is 2.55. The lowest BCUT2D eigenvalue weighted by molar-refractivity contribution is -0.127. The zero-order valence-electron chi connectivity index (χ0n) is 20.8. The summed E-state index contributed by atoms with van der Waals surface area (Å²) in [6, 6.07) is 10.6. The van der Waals surface area contributed by atoms with Crippen LogP contribution in [0.1, 0.15) is 67.4 Å². The van der Waals surface area contributed by atoms with Gasteiger partial charge in [-0.2, -0.15) is 4.98 Å². The molecule has 2 atom stereocenters. The molecule has 0 saturated carbocycles. The van der Waals surface area contributed by atoms with Crippen LogP contribution in [0.15, 0.2) is 47.2 Å². The molecule has 7 heteroatoms. The van der Waals surface area contributed by atoms with Crippen molar-refractivity contribution in [1.82, 2.24) is 20.0 Å². The van der Waals surface area contributed by atoms with Crippen LogP contribution in [-0.4, -0.2) is 58.4 Å². The van der Waals surface area contributed by atoms with Crippen LogP contribution in [0.3, 0.4) is 0 Å². The van der Waals surface area contributed by atoms with Gasteiger partial charge in [0, 0.05) is 43.4 Å². The molecule has 4 heterocycles. The van der Waals surface area contributed by atoms with E-state index in [4.69, 9.17) is 4.52 Å². The normalized spacial score (nSPS) is 22.1. The summed E-state index contributed by atoms with van der Waals surface area (Å²) < 4.78 is 5.42. The summed E-state index contributed by atoms with van der Waals surface area (Å²) in [5.74, 6) is 2.04. The molecule has 3 aromatic rings. The first-order valence-electron chi connectivity index (χ1n) is 12.2. The molecule has 5 rings (SSSR count). The first kappa shape index (κ1) is 23.0. The first-order chi connectivity index (χ1) is 16.2. The molecule has 0 radical (unpaired) electrons. The molecule has 2 saturated heterocycles. The van der Waals surface area contributed by atoms with Crippen LogP contribution < -0.4 is 4.90 Å². The van der Waals surface area contributed by atoms with Crippen molar-refractivity contribution in [3.63, 3.8) is 0 Å². The highest BCUT2D eigenvalue weighted by Crippen LogP contribution is 2.50. The fourth-order valence-corrected chi connectivity index (χ4v) is 5.82. The topological polar surface area (TPSA) is 78.5 Å². The van der Waals surface area contributed by atoms with E-state index in [2.05, 4.69) is 83.1 Å². The van der Waals surface area contributed by atoms with E-state index in [1.807, 2.05) is 19.3 Å². The molecule has 0 bridgehead atoms. The maximum Gasteiger partial charge on any atom is 0.231 e. The van der Waals surface area contributed by atoms with Gasteiger partial charge in [-0.1, -0.05) is 50.2 Å². The molecule has 7 nitrogen and oxygen atoms in total. The van der Waals surface area contributed by atoms with E-state index in [0.717, 1.165) is 49.4 Å². The quantitative estimate of drug-likeness (QED) is 0.593. The molecule has 1 N–H and O–H groups in total. The van der Waals surface area contributed by atoms with Crippen LogP contribution in [0.2, 0.25) is 0 Å². The van der Waals surface area contributed by atoms with Gasteiger partial charge in [0.2, 0.25) is 5.89 Å². The van der Waals surface area contributed by atoms with Crippen LogP contribution >= 0.6 is 0 Å². The van der Waals surface area contributed by atoms with Crippen LogP contribution in [0.5, 0.6) is 0 Å². The molecule has 1 aromatic carbocycles. The van der Waals surface area contributed by atoms with Crippen molar-refractivity contribution in [2.75, 3.05) is 38.1 Å². The summed E-state index contributed by atoms with van der Waals surface area (Å²) in [5, 5.41) is 16.4. The van der Waals surface area contributed by atoms with E-state index >= 15 is 0 Å². The SMILES string of the molecule is Cc1noc(C2CCN(c3cncc(C(O)(c4ccc(C(C)C)cc4)C4(C)CN(C)C4)c3)C2)n1. The van der Waals surface area contributed by atoms with Crippen molar-refractivity contribution in [3.05, 3.63) is 71.1 Å². The Bertz CT molecular complexity index is 1150. The number of benzene rings is 1. The summed E-state index contributed by atoms with van der Waals surface area (Å²) in [6.45, 7) is 11.7. The number of nitrogens with zero attached hydrogens (tertiary/aromatic N) is 5. The number of aromatic nitrogens is 3. The Balaban J connectivity index is 1.48. The smallest absolute Gasteiger partial charge is 0.231 e. The number of aliphatic hydroxyl groups is 1. The van der Waals surface area contributed by atoms with Gasteiger partial charge >= 0.3 is 0 Å². The minimum Gasteiger partial charge on any atom is -0.380 e. The minimum absolute atomic E-state index is 0.213. The van der Waals surface area contributed by atoms with Gasteiger partial charge in [0.15, 0.2) is 5.82 Å². The van der Waals surface area contributed by atoms with E-state index < -0.39 is 5.60 Å². The van der Waals surface area contributed by atoms with E-state index in [0.29, 0.717) is 17.6 Å². The van der Waals surface area contributed by atoms with Crippen molar-refractivity contribution in [1.29, 1.82) is 0 Å². The molecule has 0 amide bonds. The van der Waals surface area contributed by atoms with Crippen LogP contribution in [-0.2, 0) is 5.60 Å². The second-order valence-electron chi connectivity index (χ2n) is 10.8. The number of pyridine rings is 1. The summed E-state index contributed by atoms with van der Waals surface area (Å²) in [4.78, 5) is 13.6. The fraction of sp³-hybridized carbons (Fsp3) is 0.519. The van der Waals surface area contributed by atoms with Crippen molar-refractivity contribution < 1.29 is 9.63 Å².